The van der Waals surface area contributed by atoms with Crippen molar-refractivity contribution in [2.45, 2.75) is 84.0 Å². The number of carbonyl (C=O) groups is 4. The Labute approximate surface area is 383 Å². The van der Waals surface area contributed by atoms with Gasteiger partial charge in [-0.2, -0.15) is 0 Å². The van der Waals surface area contributed by atoms with Gasteiger partial charge in [0.25, 0.3) is 11.8 Å². The maximum atomic E-state index is 14.1. The Balaban J connectivity index is 0.972. The second-order valence-corrected chi connectivity index (χ2v) is 17.3. The maximum absolute atomic E-state index is 14.1. The number of hydrogen-bond donors (Lipinski definition) is 4. The quantitative estimate of drug-likeness (QED) is 0.0913. The highest BCUT2D eigenvalue weighted by molar-refractivity contribution is 6.15. The topological polar surface area (TPSA) is 172 Å². The van der Waals surface area contributed by atoms with Gasteiger partial charge in [0.15, 0.2) is 23.0 Å². The molecule has 0 aliphatic carbocycles. The molecule has 0 bridgehead atoms. The molecular formula is C51H53N7O8. The highest BCUT2D eigenvalue weighted by Gasteiger charge is 2.39. The Morgan fingerprint density at radius 1 is 0.712 bits per heavy atom. The van der Waals surface area contributed by atoms with Crippen LogP contribution in [-0.2, 0) is 35.6 Å². The van der Waals surface area contributed by atoms with E-state index in [2.05, 4.69) is 27.3 Å². The van der Waals surface area contributed by atoms with Gasteiger partial charge in [0.1, 0.15) is 19.3 Å². The van der Waals surface area contributed by atoms with Crippen LogP contribution in [0.1, 0.15) is 70.7 Å². The van der Waals surface area contributed by atoms with Crippen LogP contribution < -0.4 is 50.0 Å². The molecule has 0 unspecified atom stereocenters. The molecule has 5 aromatic carbocycles. The fraction of sp³-hybridized carbons (Fsp3) is 0.314. The number of para-hydroxylation sites is 2. The summed E-state index contributed by atoms with van der Waals surface area (Å²) in [6.45, 7) is 7.90. The Morgan fingerprint density at radius 2 is 1.32 bits per heavy atom. The number of ether oxygens (including phenoxy) is 4. The van der Waals surface area contributed by atoms with E-state index in [1.54, 1.807) is 61.4 Å². The van der Waals surface area contributed by atoms with E-state index in [0.717, 1.165) is 28.9 Å². The van der Waals surface area contributed by atoms with E-state index >= 15 is 0 Å². The first-order chi connectivity index (χ1) is 31.9. The lowest BCUT2D eigenvalue weighted by molar-refractivity contribution is -0.127. The summed E-state index contributed by atoms with van der Waals surface area (Å²) in [5.74, 6) is 0.515. The van der Waals surface area contributed by atoms with Gasteiger partial charge in [-0.3, -0.25) is 29.1 Å². The van der Waals surface area contributed by atoms with Crippen molar-refractivity contribution in [1.29, 1.82) is 0 Å². The van der Waals surface area contributed by atoms with Crippen molar-refractivity contribution in [1.82, 2.24) is 10.6 Å². The molecule has 0 aromatic heterocycles. The Morgan fingerprint density at radius 3 is 1.98 bits per heavy atom. The van der Waals surface area contributed by atoms with E-state index < -0.39 is 18.0 Å². The predicted molar refractivity (Wildman–Crippen MR) is 253 cm³/mol. The number of carbonyl (C=O) groups excluding carboxylic acids is 4. The molecule has 4 aliphatic heterocycles. The van der Waals surface area contributed by atoms with Crippen molar-refractivity contribution in [3.05, 3.63) is 124 Å². The van der Waals surface area contributed by atoms with Gasteiger partial charge in [0, 0.05) is 54.4 Å². The molecule has 4 N–H and O–H groups in total. The van der Waals surface area contributed by atoms with Crippen molar-refractivity contribution < 1.29 is 38.1 Å². The molecular weight excluding hydrogens is 839 g/mol. The largest absolute Gasteiger partial charge is 0.493 e. The summed E-state index contributed by atoms with van der Waals surface area (Å²) in [5.41, 5.74) is 7.78. The van der Waals surface area contributed by atoms with E-state index in [-0.39, 0.29) is 49.1 Å². The van der Waals surface area contributed by atoms with Crippen LogP contribution >= 0.6 is 0 Å². The molecule has 4 amide bonds. The number of anilines is 4. The minimum absolute atomic E-state index is 0.0330. The van der Waals surface area contributed by atoms with Gasteiger partial charge in [0.2, 0.25) is 11.8 Å². The summed E-state index contributed by atoms with van der Waals surface area (Å²) in [6.07, 6.45) is 3.23. The number of nitrogens with one attached hydrogen (secondary N) is 4. The summed E-state index contributed by atoms with van der Waals surface area (Å²) in [4.78, 5) is 62.9. The van der Waals surface area contributed by atoms with Crippen LogP contribution in [0.4, 0.5) is 28.4 Å². The maximum Gasteiger partial charge on any atom is 0.261 e. The molecule has 66 heavy (non-hydrogen) atoms. The fourth-order valence-corrected chi connectivity index (χ4v) is 9.15. The van der Waals surface area contributed by atoms with Gasteiger partial charge in [-0.05, 0) is 85.0 Å². The zero-order chi connectivity index (χ0) is 46.2. The molecule has 4 heterocycles. The zero-order valence-electron chi connectivity index (χ0n) is 37.8. The minimum atomic E-state index is -0.853. The SMILES string of the molecule is COc1cc2c(cc1OCc1cc(COc3cc4c(cc3OC)C(=O)N3c5ccccc5C[C@H]3CN4)cc(NC(=O)[C@H](C)NC(=O)[C@H](C)NC(C)C)c1)N=C[C@@H]1Cc3ccccc3N1C2=O. The smallest absolute Gasteiger partial charge is 0.261 e. The van der Waals surface area contributed by atoms with E-state index in [9.17, 15) is 19.2 Å². The first kappa shape index (κ1) is 43.8. The predicted octanol–water partition coefficient (Wildman–Crippen LogP) is 6.98. The lowest BCUT2D eigenvalue weighted by atomic mass is 10.1. The molecule has 15 nitrogen and oxygen atoms in total. The number of nitrogens with zero attached hydrogens (tertiary/aromatic N) is 3. The zero-order valence-corrected chi connectivity index (χ0v) is 37.8. The van der Waals surface area contributed by atoms with Gasteiger partial charge < -0.3 is 45.1 Å². The van der Waals surface area contributed by atoms with E-state index in [1.807, 2.05) is 67.3 Å². The van der Waals surface area contributed by atoms with Gasteiger partial charge in [-0.1, -0.05) is 50.2 Å². The van der Waals surface area contributed by atoms with Gasteiger partial charge in [0.05, 0.1) is 54.8 Å². The van der Waals surface area contributed by atoms with Crippen LogP contribution in [0.2, 0.25) is 0 Å². The van der Waals surface area contributed by atoms with Gasteiger partial charge in [-0.25, -0.2) is 0 Å². The lowest BCUT2D eigenvalue weighted by Crippen LogP contribution is -2.50. The Hall–Kier alpha value is -7.39. The third-order valence-electron chi connectivity index (χ3n) is 12.3. The first-order valence-corrected chi connectivity index (χ1v) is 22.2. The third-order valence-corrected chi connectivity index (χ3v) is 12.3. The van der Waals surface area contributed by atoms with Crippen molar-refractivity contribution in [3.8, 4) is 23.0 Å². The summed E-state index contributed by atoms with van der Waals surface area (Å²) >= 11 is 0. The molecule has 0 saturated carbocycles. The van der Waals surface area contributed by atoms with E-state index in [0.29, 0.717) is 75.3 Å². The van der Waals surface area contributed by atoms with Crippen LogP contribution in [0.25, 0.3) is 0 Å². The van der Waals surface area contributed by atoms with Crippen LogP contribution in [0, 0.1) is 0 Å². The molecule has 15 heteroatoms. The van der Waals surface area contributed by atoms with Crippen LogP contribution in [0.15, 0.2) is 96.0 Å². The first-order valence-electron chi connectivity index (χ1n) is 22.2. The van der Waals surface area contributed by atoms with Crippen molar-refractivity contribution in [2.75, 3.05) is 41.2 Å². The van der Waals surface area contributed by atoms with Crippen LogP contribution in [-0.4, -0.2) is 80.8 Å². The van der Waals surface area contributed by atoms with Crippen molar-refractivity contribution >= 4 is 58.3 Å². The normalized spacial score (nSPS) is 17.4. The standard InChI is InChI=1S/C51H53N7O8/c1-28(2)54-29(3)48(59)55-30(4)49(60)56-35-16-31(26-65-46-22-40-38(20-44(46)63-5)50(61)57-36(24-52-40)18-33-11-7-9-13-42(33)57)15-32(17-35)27-66-47-23-41-39(21-45(47)64-6)51(62)58-37(25-53-41)19-34-12-8-10-14-43(34)58/h7-17,20-24,28-30,36-37,53-54H,18-19,25-27H2,1-6H3,(H,55,59)(H,56,60)/t29-,30-,36-,37-/m0/s1. The highest BCUT2D eigenvalue weighted by Crippen LogP contribution is 2.43. The molecule has 0 fully saturated rings. The average molecular weight is 892 g/mol. The third kappa shape index (κ3) is 8.61. The molecule has 5 aromatic rings. The lowest BCUT2D eigenvalue weighted by Gasteiger charge is -2.23. The Kier molecular flexibility index (Phi) is 12.1. The number of fused-ring (bicyclic) bond motifs is 8. The molecule has 0 radical (unpaired) electrons. The van der Waals surface area contributed by atoms with E-state index in [4.69, 9.17) is 23.9 Å². The molecule has 340 valence electrons. The van der Waals surface area contributed by atoms with Gasteiger partial charge in [-0.15, -0.1) is 0 Å². The second-order valence-electron chi connectivity index (χ2n) is 17.3. The second kappa shape index (κ2) is 18.2. The monoisotopic (exact) mass is 891 g/mol. The summed E-state index contributed by atoms with van der Waals surface area (Å²) in [6, 6.07) is 26.7. The fourth-order valence-electron chi connectivity index (χ4n) is 9.15. The number of amides is 4. The average Bonchev–Trinajstić information content (AvgIpc) is 3.80. The molecule has 0 spiro atoms. The number of benzene rings is 5. The van der Waals surface area contributed by atoms with Crippen molar-refractivity contribution in [2.24, 2.45) is 4.99 Å². The molecule has 0 saturated heterocycles. The van der Waals surface area contributed by atoms with Gasteiger partial charge >= 0.3 is 0 Å². The van der Waals surface area contributed by atoms with Crippen LogP contribution in [0.5, 0.6) is 23.0 Å². The highest BCUT2D eigenvalue weighted by atomic mass is 16.5. The molecule has 4 aliphatic rings. The van der Waals surface area contributed by atoms with Crippen LogP contribution in [0.3, 0.4) is 0 Å². The molecule has 9 rings (SSSR count). The number of rotatable bonds is 14. The number of methoxy groups -OCH3 is 2. The summed E-state index contributed by atoms with van der Waals surface area (Å²) < 4.78 is 24.4. The van der Waals surface area contributed by atoms with Crippen molar-refractivity contribution in [3.63, 3.8) is 0 Å². The summed E-state index contributed by atoms with van der Waals surface area (Å²) in [7, 11) is 3.05. The number of aliphatic imine (C=N–C) groups is 1. The van der Waals surface area contributed by atoms with E-state index in [1.165, 1.54) is 14.2 Å². The Bertz CT molecular complexity index is 2770. The number of hydrogen-bond acceptors (Lipinski definition) is 11. The minimum Gasteiger partial charge on any atom is -0.493 e. The molecule has 4 atom stereocenters. The summed E-state index contributed by atoms with van der Waals surface area (Å²) in [5, 5.41) is 12.4.